The number of aromatic carboxylic acids is 2. The first-order chi connectivity index (χ1) is 12.3. The average Bonchev–Trinajstić information content (AvgIpc) is 2.63. The number of carbonyl (C=O) groups is 2. The van der Waals surface area contributed by atoms with Crippen molar-refractivity contribution in [2.45, 2.75) is 26.4 Å². The lowest BCUT2D eigenvalue weighted by Crippen LogP contribution is -2.09. The van der Waals surface area contributed by atoms with Gasteiger partial charge in [-0.05, 0) is 43.5 Å². The van der Waals surface area contributed by atoms with Crippen molar-refractivity contribution in [1.29, 1.82) is 0 Å². The van der Waals surface area contributed by atoms with Crippen LogP contribution in [0.3, 0.4) is 0 Å². The molecular weight excluding hydrogens is 336 g/mol. The molecule has 142 valence electrons. The molecule has 2 rings (SSSR count). The molecule has 0 amide bonds. The standard InChI is InChI=1S/2C7H6O2.C6H14O2/c2*8-7(9)6-4-2-1-3-5-6;1-5(4-7)3-6(2)8/h2*1-5H,(H,8,9);5-8H,3-4H2,1-2H3. The normalized spacial score (nSPS) is 11.7. The monoisotopic (exact) mass is 362 g/mol. The third-order valence-electron chi connectivity index (χ3n) is 3.10. The van der Waals surface area contributed by atoms with Crippen molar-refractivity contribution >= 4 is 11.9 Å². The minimum atomic E-state index is -0.879. The van der Waals surface area contributed by atoms with Crippen LogP contribution in [0, 0.1) is 5.92 Å². The molecule has 2 aromatic carbocycles. The van der Waals surface area contributed by atoms with Gasteiger partial charge in [0.05, 0.1) is 17.2 Å². The van der Waals surface area contributed by atoms with Crippen LogP contribution in [-0.4, -0.2) is 45.1 Å². The first kappa shape index (κ1) is 23.3. The van der Waals surface area contributed by atoms with Crippen LogP contribution in [0.2, 0.25) is 0 Å². The molecular formula is C20H26O6. The molecule has 0 aromatic heterocycles. The van der Waals surface area contributed by atoms with E-state index < -0.39 is 11.9 Å². The maximum atomic E-state index is 10.2. The maximum absolute atomic E-state index is 10.2. The molecule has 0 aliphatic heterocycles. The highest BCUT2D eigenvalue weighted by atomic mass is 16.4. The van der Waals surface area contributed by atoms with Gasteiger partial charge in [0.1, 0.15) is 0 Å². The van der Waals surface area contributed by atoms with Gasteiger partial charge in [-0.3, -0.25) is 0 Å². The van der Waals surface area contributed by atoms with Gasteiger partial charge in [0.15, 0.2) is 0 Å². The van der Waals surface area contributed by atoms with E-state index in [1.165, 1.54) is 0 Å². The second-order valence-electron chi connectivity index (χ2n) is 5.71. The first-order valence-electron chi connectivity index (χ1n) is 8.13. The van der Waals surface area contributed by atoms with Crippen LogP contribution in [0.15, 0.2) is 60.7 Å². The molecule has 0 heterocycles. The highest BCUT2D eigenvalue weighted by molar-refractivity contribution is 5.87. The highest BCUT2D eigenvalue weighted by Gasteiger charge is 2.02. The zero-order valence-corrected chi connectivity index (χ0v) is 14.9. The van der Waals surface area contributed by atoms with E-state index in [9.17, 15) is 9.59 Å². The van der Waals surface area contributed by atoms with E-state index in [0.717, 1.165) is 0 Å². The molecule has 0 aliphatic rings. The number of aliphatic hydroxyl groups is 2. The zero-order chi connectivity index (χ0) is 19.9. The summed E-state index contributed by atoms with van der Waals surface area (Å²) in [6, 6.07) is 16.6. The smallest absolute Gasteiger partial charge is 0.335 e. The summed E-state index contributed by atoms with van der Waals surface area (Å²) in [6.45, 7) is 3.81. The Morgan fingerprint density at radius 2 is 1.15 bits per heavy atom. The molecule has 0 saturated carbocycles. The number of carboxylic acid groups (broad SMARTS) is 2. The van der Waals surface area contributed by atoms with Gasteiger partial charge in [0.25, 0.3) is 0 Å². The van der Waals surface area contributed by atoms with E-state index in [-0.39, 0.29) is 18.6 Å². The lowest BCUT2D eigenvalue weighted by molar-refractivity contribution is 0.0686. The molecule has 2 aromatic rings. The van der Waals surface area contributed by atoms with Gasteiger partial charge in [-0.15, -0.1) is 0 Å². The molecule has 2 unspecified atom stereocenters. The average molecular weight is 362 g/mol. The zero-order valence-electron chi connectivity index (χ0n) is 14.9. The summed E-state index contributed by atoms with van der Waals surface area (Å²) in [5.74, 6) is -1.53. The summed E-state index contributed by atoms with van der Waals surface area (Å²) in [7, 11) is 0. The Labute approximate surface area is 153 Å². The van der Waals surface area contributed by atoms with Crippen molar-refractivity contribution < 1.29 is 30.0 Å². The van der Waals surface area contributed by atoms with E-state index in [4.69, 9.17) is 20.4 Å². The molecule has 0 saturated heterocycles. The SMILES string of the molecule is CC(O)CC(C)CO.O=C(O)c1ccccc1.O=C(O)c1ccccc1. The number of benzene rings is 2. The van der Waals surface area contributed by atoms with Gasteiger partial charge in [-0.25, -0.2) is 9.59 Å². The number of hydrogen-bond donors (Lipinski definition) is 4. The van der Waals surface area contributed by atoms with Crippen LogP contribution in [0.1, 0.15) is 41.0 Å². The molecule has 26 heavy (non-hydrogen) atoms. The van der Waals surface area contributed by atoms with Crippen molar-refractivity contribution in [2.24, 2.45) is 5.92 Å². The second kappa shape index (κ2) is 13.6. The number of rotatable bonds is 5. The van der Waals surface area contributed by atoms with Gasteiger partial charge < -0.3 is 20.4 Å². The van der Waals surface area contributed by atoms with Gasteiger partial charge >= 0.3 is 11.9 Å². The minimum absolute atomic E-state index is 0.172. The van der Waals surface area contributed by atoms with Crippen molar-refractivity contribution in [2.75, 3.05) is 6.61 Å². The lowest BCUT2D eigenvalue weighted by Gasteiger charge is -2.08. The number of aliphatic hydroxyl groups excluding tert-OH is 2. The summed E-state index contributed by atoms with van der Waals surface area (Å²) < 4.78 is 0. The molecule has 0 radical (unpaired) electrons. The number of carboxylic acids is 2. The van der Waals surface area contributed by atoms with E-state index >= 15 is 0 Å². The Hall–Kier alpha value is -2.70. The van der Waals surface area contributed by atoms with Crippen LogP contribution in [0.5, 0.6) is 0 Å². The third-order valence-corrected chi connectivity index (χ3v) is 3.10. The van der Waals surface area contributed by atoms with Crippen molar-refractivity contribution in [3.63, 3.8) is 0 Å². The fourth-order valence-electron chi connectivity index (χ4n) is 1.82. The van der Waals surface area contributed by atoms with E-state index in [2.05, 4.69) is 0 Å². The van der Waals surface area contributed by atoms with Crippen molar-refractivity contribution in [3.8, 4) is 0 Å². The summed E-state index contributed by atoms with van der Waals surface area (Å²) in [5, 5.41) is 34.0. The predicted octanol–water partition coefficient (Wildman–Crippen LogP) is 3.16. The van der Waals surface area contributed by atoms with Crippen LogP contribution < -0.4 is 0 Å². The fourth-order valence-corrected chi connectivity index (χ4v) is 1.82. The van der Waals surface area contributed by atoms with E-state index in [0.29, 0.717) is 17.5 Å². The summed E-state index contributed by atoms with van der Waals surface area (Å²) in [5.41, 5.74) is 0.662. The molecule has 4 N–H and O–H groups in total. The molecule has 0 fully saturated rings. The Balaban J connectivity index is 0.000000362. The van der Waals surface area contributed by atoms with E-state index in [1.54, 1.807) is 67.6 Å². The van der Waals surface area contributed by atoms with E-state index in [1.807, 2.05) is 6.92 Å². The Bertz CT molecular complexity index is 576. The third kappa shape index (κ3) is 11.8. The first-order valence-corrected chi connectivity index (χ1v) is 8.13. The van der Waals surface area contributed by atoms with Gasteiger partial charge in [0.2, 0.25) is 0 Å². The molecule has 0 bridgehead atoms. The maximum Gasteiger partial charge on any atom is 0.335 e. The molecule has 6 heteroatoms. The topological polar surface area (TPSA) is 115 Å². The largest absolute Gasteiger partial charge is 0.478 e. The van der Waals surface area contributed by atoms with Crippen LogP contribution >= 0.6 is 0 Å². The quantitative estimate of drug-likeness (QED) is 0.649. The highest BCUT2D eigenvalue weighted by Crippen LogP contribution is 2.02. The Morgan fingerprint density at radius 1 is 0.808 bits per heavy atom. The molecule has 6 nitrogen and oxygen atoms in total. The van der Waals surface area contributed by atoms with Crippen molar-refractivity contribution in [3.05, 3.63) is 71.8 Å². The summed E-state index contributed by atoms with van der Waals surface area (Å²) in [6.07, 6.45) is 0.411. The van der Waals surface area contributed by atoms with Crippen LogP contribution in [0.25, 0.3) is 0 Å². The van der Waals surface area contributed by atoms with Gasteiger partial charge in [-0.1, -0.05) is 43.3 Å². The van der Waals surface area contributed by atoms with Crippen LogP contribution in [-0.2, 0) is 0 Å². The molecule has 2 atom stereocenters. The number of hydrogen-bond acceptors (Lipinski definition) is 4. The van der Waals surface area contributed by atoms with Crippen LogP contribution in [0.4, 0.5) is 0 Å². The Kier molecular flexibility index (Phi) is 12.2. The van der Waals surface area contributed by atoms with Crippen molar-refractivity contribution in [1.82, 2.24) is 0 Å². The molecule has 0 spiro atoms. The van der Waals surface area contributed by atoms with Gasteiger partial charge in [-0.2, -0.15) is 0 Å². The Morgan fingerprint density at radius 3 is 1.31 bits per heavy atom. The second-order valence-corrected chi connectivity index (χ2v) is 5.71. The minimum Gasteiger partial charge on any atom is -0.478 e. The van der Waals surface area contributed by atoms with Gasteiger partial charge in [0, 0.05) is 6.61 Å². The predicted molar refractivity (Wildman–Crippen MR) is 99.4 cm³/mol. The molecule has 0 aliphatic carbocycles. The lowest BCUT2D eigenvalue weighted by atomic mass is 10.1. The fraction of sp³-hybridized carbons (Fsp3) is 0.300. The summed E-state index contributed by atoms with van der Waals surface area (Å²) >= 11 is 0. The summed E-state index contributed by atoms with van der Waals surface area (Å²) in [4.78, 5) is 20.4.